The molecule has 5 atom stereocenters. The number of alkyl halides is 3. The van der Waals surface area contributed by atoms with Gasteiger partial charge in [-0.25, -0.2) is 0 Å². The van der Waals surface area contributed by atoms with E-state index in [-0.39, 0.29) is 13.2 Å². The molecule has 0 saturated carbocycles. The first kappa shape index (κ1) is 26.7. The van der Waals surface area contributed by atoms with E-state index in [1.807, 2.05) is 60.7 Å². The van der Waals surface area contributed by atoms with Crippen LogP contribution in [-0.2, 0) is 41.7 Å². The summed E-state index contributed by atoms with van der Waals surface area (Å²) in [7, 11) is 0. The summed E-state index contributed by atoms with van der Waals surface area (Å²) in [6, 6.07) is 19.0. The van der Waals surface area contributed by atoms with Crippen LogP contribution in [-0.4, -0.2) is 46.4 Å². The maximum Gasteiger partial charge on any atom is 0.303 e. The van der Waals surface area contributed by atoms with Crippen LogP contribution in [0.25, 0.3) is 0 Å². The maximum atomic E-state index is 12.0. The lowest BCUT2D eigenvalue weighted by atomic mass is 9.98. The van der Waals surface area contributed by atoms with E-state index in [2.05, 4.69) is 0 Å². The Kier molecular flexibility index (Phi) is 9.59. The van der Waals surface area contributed by atoms with Crippen molar-refractivity contribution in [3.63, 3.8) is 0 Å². The zero-order valence-electron chi connectivity index (χ0n) is 18.7. The molecule has 0 amide bonds. The van der Waals surface area contributed by atoms with Crippen molar-refractivity contribution in [1.82, 2.24) is 0 Å². The molecule has 0 radical (unpaired) electrons. The number of rotatable bonds is 8. The molecular weight excluding hydrogens is 505 g/mol. The monoisotopic (exact) mass is 529 g/mol. The van der Waals surface area contributed by atoms with E-state index in [9.17, 15) is 4.79 Å². The number of esters is 1. The van der Waals surface area contributed by atoms with E-state index in [1.165, 1.54) is 6.92 Å². The normalized spacial score (nSPS) is 24.9. The Labute approximate surface area is 213 Å². The van der Waals surface area contributed by atoms with Crippen molar-refractivity contribution in [3.8, 4) is 0 Å². The largest absolute Gasteiger partial charge is 0.457 e. The molecule has 184 valence electrons. The van der Waals surface area contributed by atoms with Gasteiger partial charge >= 0.3 is 5.97 Å². The highest BCUT2D eigenvalue weighted by atomic mass is 35.6. The minimum Gasteiger partial charge on any atom is -0.457 e. The summed E-state index contributed by atoms with van der Waals surface area (Å²) < 4.78 is 27.3. The van der Waals surface area contributed by atoms with Gasteiger partial charge in [0, 0.05) is 6.92 Å². The summed E-state index contributed by atoms with van der Waals surface area (Å²) in [5.41, 5.74) is 1.81. The van der Waals surface area contributed by atoms with Gasteiger partial charge in [0.2, 0.25) is 12.2 Å². The van der Waals surface area contributed by atoms with Crippen LogP contribution in [0.15, 0.2) is 60.7 Å². The van der Waals surface area contributed by atoms with E-state index in [4.69, 9.17) is 63.9 Å². The summed E-state index contributed by atoms with van der Waals surface area (Å²) in [6.45, 7) is 3.46. The lowest BCUT2D eigenvalue weighted by Gasteiger charge is -2.44. The van der Waals surface area contributed by atoms with E-state index >= 15 is 0 Å². The number of hydrogen-bond donors (Lipinski definition) is 1. The molecule has 10 heteroatoms. The van der Waals surface area contributed by atoms with Gasteiger partial charge in [0.15, 0.2) is 12.2 Å². The average molecular weight is 531 g/mol. The number of ether oxygens (including phenoxy) is 5. The predicted molar refractivity (Wildman–Crippen MR) is 129 cm³/mol. The number of nitrogens with one attached hydrogen (secondary N) is 1. The lowest BCUT2D eigenvalue weighted by Crippen LogP contribution is -2.61. The average Bonchev–Trinajstić information content (AvgIpc) is 2.78. The molecule has 1 aliphatic rings. The van der Waals surface area contributed by atoms with Crippen LogP contribution in [0.4, 0.5) is 0 Å². The van der Waals surface area contributed by atoms with Gasteiger partial charge in [-0.15, -0.1) is 0 Å². The molecule has 2 aromatic carbocycles. The van der Waals surface area contributed by atoms with Gasteiger partial charge in [-0.2, -0.15) is 0 Å². The van der Waals surface area contributed by atoms with Gasteiger partial charge in [-0.1, -0.05) is 95.5 Å². The van der Waals surface area contributed by atoms with Crippen molar-refractivity contribution in [3.05, 3.63) is 71.8 Å². The number of carbonyl (C=O) groups excluding carboxylic acids is 1. The number of benzene rings is 2. The Morgan fingerprint density at radius 3 is 1.85 bits per heavy atom. The summed E-state index contributed by atoms with van der Waals surface area (Å²) in [5, 5.41) is 7.99. The fourth-order valence-corrected chi connectivity index (χ4v) is 3.65. The van der Waals surface area contributed by atoms with Gasteiger partial charge in [-0.05, 0) is 18.1 Å². The first-order chi connectivity index (χ1) is 16.1. The maximum absolute atomic E-state index is 12.0. The molecule has 34 heavy (non-hydrogen) atoms. The van der Waals surface area contributed by atoms with Gasteiger partial charge in [0.05, 0.1) is 19.3 Å². The van der Waals surface area contributed by atoms with Gasteiger partial charge in [-0.3, -0.25) is 10.2 Å². The first-order valence-corrected chi connectivity index (χ1v) is 11.7. The zero-order chi connectivity index (χ0) is 24.7. The highest BCUT2D eigenvalue weighted by Crippen LogP contribution is 2.34. The third-order valence-corrected chi connectivity index (χ3v) is 5.61. The fraction of sp³-hybridized carbons (Fsp3) is 0.417. The Bertz CT molecular complexity index is 941. The standard InChI is InChI=1S/C24H26Cl3NO6/c1-15-19(30-13-17-9-5-3-6-10-17)20(33-16(2)29)21(31-14-18-11-7-4-8-12-18)22(32-15)34-23(28)24(25,26)27/h3-12,15,19-22,28H,13-14H2,1-2H3/t15-,19-,20+,21+,22-/m0/s1. The highest BCUT2D eigenvalue weighted by Gasteiger charge is 2.50. The number of carbonyl (C=O) groups is 1. The van der Waals surface area contributed by atoms with Crippen LogP contribution in [0, 0.1) is 5.41 Å². The minimum absolute atomic E-state index is 0.160. The molecule has 2 aromatic rings. The van der Waals surface area contributed by atoms with E-state index in [1.54, 1.807) is 6.92 Å². The third-order valence-electron chi connectivity index (χ3n) is 5.09. The van der Waals surface area contributed by atoms with Crippen molar-refractivity contribution in [2.45, 2.75) is 61.6 Å². The quantitative estimate of drug-likeness (QED) is 0.219. The Balaban J connectivity index is 1.86. The van der Waals surface area contributed by atoms with Crippen LogP contribution in [0.5, 0.6) is 0 Å². The van der Waals surface area contributed by atoms with Crippen molar-refractivity contribution in [2.24, 2.45) is 0 Å². The van der Waals surface area contributed by atoms with E-state index < -0.39 is 46.4 Å². The molecule has 0 aromatic heterocycles. The third kappa shape index (κ3) is 7.57. The first-order valence-electron chi connectivity index (χ1n) is 10.6. The molecule has 1 fully saturated rings. The Hall–Kier alpha value is -1.87. The molecule has 1 saturated heterocycles. The van der Waals surface area contributed by atoms with Crippen LogP contribution < -0.4 is 0 Å². The molecule has 7 nitrogen and oxygen atoms in total. The Morgan fingerprint density at radius 1 is 0.882 bits per heavy atom. The second-order valence-electron chi connectivity index (χ2n) is 7.75. The lowest BCUT2D eigenvalue weighted by molar-refractivity contribution is -0.297. The van der Waals surface area contributed by atoms with Crippen LogP contribution >= 0.6 is 34.8 Å². The SMILES string of the molecule is CC(=O)O[C@@H]1[C@@H](OCc2ccccc2)[C@H](C)O[C@@H](OC(=N)C(Cl)(Cl)Cl)[C@@H]1OCc1ccccc1. The van der Waals surface area contributed by atoms with Gasteiger partial charge < -0.3 is 23.7 Å². The molecule has 0 spiro atoms. The molecule has 1 N–H and O–H groups in total. The summed E-state index contributed by atoms with van der Waals surface area (Å²) in [6.07, 6.45) is -4.37. The molecule has 0 aliphatic carbocycles. The predicted octanol–water partition coefficient (Wildman–Crippen LogP) is 5.20. The molecule has 0 unspecified atom stereocenters. The summed E-state index contributed by atoms with van der Waals surface area (Å²) in [5.74, 6) is -1.18. The molecular formula is C24H26Cl3NO6. The zero-order valence-corrected chi connectivity index (χ0v) is 20.9. The van der Waals surface area contributed by atoms with Gasteiger partial charge in [0.25, 0.3) is 3.79 Å². The minimum atomic E-state index is -2.10. The summed E-state index contributed by atoms with van der Waals surface area (Å²) >= 11 is 17.4. The highest BCUT2D eigenvalue weighted by molar-refractivity contribution is 6.76. The Morgan fingerprint density at radius 2 is 1.38 bits per heavy atom. The molecule has 3 rings (SSSR count). The second kappa shape index (κ2) is 12.2. The van der Waals surface area contributed by atoms with Crippen molar-refractivity contribution in [2.75, 3.05) is 0 Å². The van der Waals surface area contributed by atoms with Gasteiger partial charge in [0.1, 0.15) is 6.10 Å². The second-order valence-corrected chi connectivity index (χ2v) is 10.0. The number of halogens is 3. The molecule has 1 heterocycles. The number of hydrogen-bond acceptors (Lipinski definition) is 7. The van der Waals surface area contributed by atoms with E-state index in [0.717, 1.165) is 11.1 Å². The molecule has 0 bridgehead atoms. The van der Waals surface area contributed by atoms with Crippen molar-refractivity contribution >= 4 is 46.7 Å². The van der Waals surface area contributed by atoms with Crippen molar-refractivity contribution < 1.29 is 28.5 Å². The van der Waals surface area contributed by atoms with Crippen molar-refractivity contribution in [1.29, 1.82) is 5.41 Å². The van der Waals surface area contributed by atoms with E-state index in [0.29, 0.717) is 0 Å². The van der Waals surface area contributed by atoms with Crippen LogP contribution in [0.3, 0.4) is 0 Å². The van der Waals surface area contributed by atoms with Crippen LogP contribution in [0.1, 0.15) is 25.0 Å². The van der Waals surface area contributed by atoms with Crippen LogP contribution in [0.2, 0.25) is 0 Å². The topological polar surface area (TPSA) is 87.1 Å². The molecule has 1 aliphatic heterocycles. The smallest absolute Gasteiger partial charge is 0.303 e. The summed E-state index contributed by atoms with van der Waals surface area (Å²) in [4.78, 5) is 12.0. The fourth-order valence-electron chi connectivity index (χ4n) is 3.52.